The number of likely N-dealkylation sites (tertiary alicyclic amines) is 1. The lowest BCUT2D eigenvalue weighted by molar-refractivity contribution is -0.275. The number of aryl methyl sites for hydroxylation is 1. The summed E-state index contributed by atoms with van der Waals surface area (Å²) in [6, 6.07) is 8.95. The van der Waals surface area contributed by atoms with Crippen LogP contribution in [0.2, 0.25) is 0 Å². The molecule has 0 spiro atoms. The monoisotopic (exact) mass is 693 g/mol. The second kappa shape index (κ2) is 16.8. The van der Waals surface area contributed by atoms with Crippen molar-refractivity contribution in [2.45, 2.75) is 64.5 Å². The second-order valence-corrected chi connectivity index (χ2v) is 11.8. The second-order valence-electron chi connectivity index (χ2n) is 11.8. The Labute approximate surface area is 280 Å². The highest BCUT2D eigenvalue weighted by Crippen LogP contribution is 2.35. The molecular formula is C34H38F3NO11. The highest BCUT2D eigenvalue weighted by molar-refractivity contribution is 6.38. The molecule has 2 aromatic carbocycles. The molecule has 0 unspecified atom stereocenters. The van der Waals surface area contributed by atoms with Crippen molar-refractivity contribution in [2.24, 2.45) is 5.41 Å². The van der Waals surface area contributed by atoms with Crippen LogP contribution >= 0.6 is 0 Å². The number of Topliss-reactive ketones (excluding diaryl/α,β-unsaturated/α-hetero) is 1. The fraction of sp³-hybridized carbons (Fsp3) is 0.441. The number of carbonyl (C=O) groups excluding carboxylic acids is 4. The Morgan fingerprint density at radius 1 is 1.06 bits per heavy atom. The molecule has 2 aromatic rings. The van der Waals surface area contributed by atoms with Gasteiger partial charge in [0.05, 0.1) is 12.5 Å². The highest BCUT2D eigenvalue weighted by atomic mass is 19.4. The molecule has 0 aliphatic carbocycles. The van der Waals surface area contributed by atoms with Crippen molar-refractivity contribution in [1.82, 2.24) is 4.90 Å². The summed E-state index contributed by atoms with van der Waals surface area (Å²) >= 11 is 0. The van der Waals surface area contributed by atoms with Crippen LogP contribution in [0.5, 0.6) is 17.2 Å². The molecule has 0 aromatic heterocycles. The van der Waals surface area contributed by atoms with Crippen LogP contribution in [-0.4, -0.2) is 78.9 Å². The Morgan fingerprint density at radius 2 is 1.80 bits per heavy atom. The zero-order valence-corrected chi connectivity index (χ0v) is 27.2. The number of aliphatic carboxylic acids is 1. The zero-order chi connectivity index (χ0) is 36.4. The first-order chi connectivity index (χ1) is 23.0. The van der Waals surface area contributed by atoms with Gasteiger partial charge in [0, 0.05) is 12.6 Å². The lowest BCUT2D eigenvalue weighted by Crippen LogP contribution is -2.53. The van der Waals surface area contributed by atoms with Gasteiger partial charge in [0.25, 0.3) is 5.91 Å². The van der Waals surface area contributed by atoms with E-state index in [0.29, 0.717) is 24.0 Å². The Bertz CT molecular complexity index is 1540. The number of ketones is 1. The first-order valence-electron chi connectivity index (χ1n) is 15.3. The number of methoxy groups -OCH3 is 1. The number of benzene rings is 2. The average Bonchev–Trinajstić information content (AvgIpc) is 3.06. The first kappa shape index (κ1) is 38.4. The van der Waals surface area contributed by atoms with Gasteiger partial charge in [-0.15, -0.1) is 13.2 Å². The fourth-order valence-electron chi connectivity index (χ4n) is 5.06. The standard InChI is InChI=1S/C34H38F3NO11/c1-5-29(41)47-20-33(2,3)30(42)31(43)38-16-7-6-11-24(38)32(44)48-25(22-9-8-10-23(18-22)46-19-28(39)40)14-12-21-13-15-26(45-4)27(17-21)49-34(35,36)37/h5,8-10,13,15,17-18,24-25H,1,6-7,11-12,14,16,19-20H2,2-4H3,(H,39,40)/t24-,25+/m0/s1. The van der Waals surface area contributed by atoms with Gasteiger partial charge in [-0.3, -0.25) is 9.59 Å². The van der Waals surface area contributed by atoms with Crippen LogP contribution < -0.4 is 14.2 Å². The molecule has 1 aliphatic rings. The van der Waals surface area contributed by atoms with E-state index in [2.05, 4.69) is 11.3 Å². The van der Waals surface area contributed by atoms with E-state index >= 15 is 0 Å². The molecule has 1 N–H and O–H groups in total. The van der Waals surface area contributed by atoms with E-state index in [1.165, 1.54) is 45.2 Å². The van der Waals surface area contributed by atoms with Crippen LogP contribution in [0.1, 0.15) is 56.8 Å². The number of esters is 2. The molecule has 0 radical (unpaired) electrons. The van der Waals surface area contributed by atoms with Crippen molar-refractivity contribution in [3.8, 4) is 17.2 Å². The molecule has 15 heteroatoms. The van der Waals surface area contributed by atoms with Gasteiger partial charge >= 0.3 is 24.3 Å². The number of carboxylic acid groups (broad SMARTS) is 1. The number of ether oxygens (including phenoxy) is 5. The third kappa shape index (κ3) is 11.3. The SMILES string of the molecule is C=CC(=O)OCC(C)(C)C(=O)C(=O)N1CCCC[C@H]1C(=O)O[C@H](CCc1ccc(OC)c(OC(F)(F)F)c1)c1cccc(OCC(=O)O)c1. The molecule has 1 heterocycles. The fourth-order valence-corrected chi connectivity index (χ4v) is 5.06. The average molecular weight is 694 g/mol. The molecule has 2 atom stereocenters. The van der Waals surface area contributed by atoms with Crippen LogP contribution in [0, 0.1) is 5.41 Å². The van der Waals surface area contributed by atoms with Gasteiger partial charge in [0.1, 0.15) is 24.5 Å². The van der Waals surface area contributed by atoms with E-state index in [-0.39, 0.29) is 37.3 Å². The third-order valence-corrected chi connectivity index (χ3v) is 7.59. The van der Waals surface area contributed by atoms with Crippen molar-refractivity contribution >= 4 is 29.6 Å². The smallest absolute Gasteiger partial charge is 0.493 e. The van der Waals surface area contributed by atoms with Crippen LogP contribution in [0.25, 0.3) is 0 Å². The van der Waals surface area contributed by atoms with E-state index in [1.807, 2.05) is 0 Å². The molecule has 1 fully saturated rings. The minimum Gasteiger partial charge on any atom is -0.493 e. The Balaban J connectivity index is 1.88. The largest absolute Gasteiger partial charge is 0.573 e. The molecule has 49 heavy (non-hydrogen) atoms. The predicted octanol–water partition coefficient (Wildman–Crippen LogP) is 4.98. The van der Waals surface area contributed by atoms with Gasteiger partial charge in [-0.05, 0) is 81.3 Å². The maximum absolute atomic E-state index is 13.8. The molecule has 0 bridgehead atoms. The lowest BCUT2D eigenvalue weighted by atomic mass is 9.87. The summed E-state index contributed by atoms with van der Waals surface area (Å²) in [5.74, 6) is -5.18. The molecule has 1 amide bonds. The van der Waals surface area contributed by atoms with Crippen LogP contribution in [0.15, 0.2) is 55.1 Å². The molecule has 0 saturated carbocycles. The first-order valence-corrected chi connectivity index (χ1v) is 15.3. The number of hydrogen-bond acceptors (Lipinski definition) is 10. The van der Waals surface area contributed by atoms with Crippen LogP contribution in [0.3, 0.4) is 0 Å². The van der Waals surface area contributed by atoms with Crippen molar-refractivity contribution in [3.05, 3.63) is 66.2 Å². The van der Waals surface area contributed by atoms with E-state index in [1.54, 1.807) is 12.1 Å². The molecular weight excluding hydrogens is 655 g/mol. The molecule has 12 nitrogen and oxygen atoms in total. The number of rotatable bonds is 16. The van der Waals surface area contributed by atoms with Crippen molar-refractivity contribution in [3.63, 3.8) is 0 Å². The predicted molar refractivity (Wildman–Crippen MR) is 166 cm³/mol. The van der Waals surface area contributed by atoms with Gasteiger partial charge in [-0.25, -0.2) is 14.4 Å². The summed E-state index contributed by atoms with van der Waals surface area (Å²) in [5, 5.41) is 9.02. The summed E-state index contributed by atoms with van der Waals surface area (Å²) in [7, 11) is 1.19. The van der Waals surface area contributed by atoms with Gasteiger partial charge < -0.3 is 33.7 Å². The highest BCUT2D eigenvalue weighted by Gasteiger charge is 2.42. The quantitative estimate of drug-likeness (QED) is 0.144. The van der Waals surface area contributed by atoms with E-state index < -0.39 is 72.5 Å². The van der Waals surface area contributed by atoms with Gasteiger partial charge in [-0.1, -0.05) is 24.8 Å². The number of halogens is 3. The zero-order valence-electron chi connectivity index (χ0n) is 27.2. The number of alkyl halides is 3. The number of nitrogens with zero attached hydrogens (tertiary/aromatic N) is 1. The normalized spacial score (nSPS) is 15.4. The van der Waals surface area contributed by atoms with Crippen molar-refractivity contribution < 1.29 is 65.9 Å². The Kier molecular flexibility index (Phi) is 13.2. The van der Waals surface area contributed by atoms with Gasteiger partial charge in [0.15, 0.2) is 18.1 Å². The molecule has 3 rings (SSSR count). The van der Waals surface area contributed by atoms with E-state index in [4.69, 9.17) is 24.1 Å². The number of carbonyl (C=O) groups is 5. The van der Waals surface area contributed by atoms with Crippen LogP contribution in [-0.2, 0) is 39.9 Å². The van der Waals surface area contributed by atoms with E-state index in [0.717, 1.165) is 17.0 Å². The Morgan fingerprint density at radius 3 is 2.45 bits per heavy atom. The van der Waals surface area contributed by atoms with Crippen molar-refractivity contribution in [1.29, 1.82) is 0 Å². The minimum absolute atomic E-state index is 0.0349. The number of amides is 1. The van der Waals surface area contributed by atoms with Crippen LogP contribution in [0.4, 0.5) is 13.2 Å². The summed E-state index contributed by atoms with van der Waals surface area (Å²) in [5.41, 5.74) is -0.640. The maximum atomic E-state index is 13.8. The summed E-state index contributed by atoms with van der Waals surface area (Å²) in [6.45, 7) is 5.21. The number of piperidine rings is 1. The summed E-state index contributed by atoms with van der Waals surface area (Å²) in [6.07, 6.45) is -3.72. The summed E-state index contributed by atoms with van der Waals surface area (Å²) < 4.78 is 64.4. The number of hydrogen-bond donors (Lipinski definition) is 1. The Hall–Kier alpha value is -5.08. The molecule has 1 saturated heterocycles. The van der Waals surface area contributed by atoms with E-state index in [9.17, 15) is 37.1 Å². The molecule has 1 aliphatic heterocycles. The third-order valence-electron chi connectivity index (χ3n) is 7.59. The topological polar surface area (TPSA) is 155 Å². The van der Waals surface area contributed by atoms with Gasteiger partial charge in [-0.2, -0.15) is 0 Å². The van der Waals surface area contributed by atoms with Crippen molar-refractivity contribution in [2.75, 3.05) is 26.9 Å². The van der Waals surface area contributed by atoms with Gasteiger partial charge in [0.2, 0.25) is 5.78 Å². The summed E-state index contributed by atoms with van der Waals surface area (Å²) in [4.78, 5) is 64.1. The lowest BCUT2D eigenvalue weighted by Gasteiger charge is -2.36. The maximum Gasteiger partial charge on any atom is 0.573 e. The number of carboxylic acids is 1. The molecule has 266 valence electrons. The minimum atomic E-state index is -4.98.